The van der Waals surface area contributed by atoms with Crippen molar-refractivity contribution in [1.29, 1.82) is 0 Å². The Hall–Kier alpha value is -3.26. The zero-order chi connectivity index (χ0) is 18.8. The van der Waals surface area contributed by atoms with Crippen molar-refractivity contribution in [2.75, 3.05) is 5.32 Å². The zero-order valence-electron chi connectivity index (χ0n) is 14.8. The second-order valence-electron chi connectivity index (χ2n) is 6.02. The van der Waals surface area contributed by atoms with E-state index in [-0.39, 0.29) is 5.91 Å². The van der Waals surface area contributed by atoms with Crippen LogP contribution < -0.4 is 5.32 Å². The van der Waals surface area contributed by atoms with Gasteiger partial charge in [0.1, 0.15) is 4.88 Å². The minimum Gasteiger partial charge on any atom is -0.339 e. The molecule has 0 aliphatic heterocycles. The van der Waals surface area contributed by atoms with Crippen LogP contribution in [-0.4, -0.2) is 25.6 Å². The number of nitrogens with zero attached hydrogens (tertiary/aromatic N) is 4. The van der Waals surface area contributed by atoms with Crippen LogP contribution in [0.15, 0.2) is 53.3 Å². The molecule has 136 valence electrons. The van der Waals surface area contributed by atoms with Gasteiger partial charge in [0, 0.05) is 18.1 Å². The Morgan fingerprint density at radius 2 is 1.93 bits per heavy atom. The van der Waals surface area contributed by atoms with E-state index in [1.165, 1.54) is 11.3 Å². The van der Waals surface area contributed by atoms with Crippen molar-refractivity contribution in [3.8, 4) is 5.13 Å². The molecule has 27 heavy (non-hydrogen) atoms. The van der Waals surface area contributed by atoms with Crippen molar-refractivity contribution in [2.24, 2.45) is 0 Å². The SMILES string of the molecule is Cc1noc(Cc2ccccc2NC(=O)c2sc(-n3cccc3)nc2C)n1. The van der Waals surface area contributed by atoms with Crippen LogP contribution in [0.3, 0.4) is 0 Å². The van der Waals surface area contributed by atoms with E-state index in [1.807, 2.05) is 60.3 Å². The summed E-state index contributed by atoms with van der Waals surface area (Å²) in [5.74, 6) is 0.917. The van der Waals surface area contributed by atoms with Crippen molar-refractivity contribution in [1.82, 2.24) is 19.7 Å². The predicted molar refractivity (Wildman–Crippen MR) is 102 cm³/mol. The molecule has 1 aromatic carbocycles. The predicted octanol–water partition coefficient (Wildman–Crippen LogP) is 3.78. The van der Waals surface area contributed by atoms with Crippen molar-refractivity contribution in [2.45, 2.75) is 20.3 Å². The Balaban J connectivity index is 1.57. The molecule has 1 N–H and O–H groups in total. The van der Waals surface area contributed by atoms with Crippen LogP contribution in [0.2, 0.25) is 0 Å². The van der Waals surface area contributed by atoms with Crippen LogP contribution in [-0.2, 0) is 6.42 Å². The van der Waals surface area contributed by atoms with Gasteiger partial charge in [0.2, 0.25) is 5.89 Å². The van der Waals surface area contributed by atoms with Crippen LogP contribution in [0.4, 0.5) is 5.69 Å². The zero-order valence-corrected chi connectivity index (χ0v) is 15.7. The molecule has 0 spiro atoms. The second-order valence-corrected chi connectivity index (χ2v) is 7.00. The number of carbonyl (C=O) groups excluding carboxylic acids is 1. The number of rotatable bonds is 5. The van der Waals surface area contributed by atoms with Crippen LogP contribution >= 0.6 is 11.3 Å². The largest absolute Gasteiger partial charge is 0.339 e. The van der Waals surface area contributed by atoms with Crippen LogP contribution in [0.25, 0.3) is 5.13 Å². The third-order valence-corrected chi connectivity index (χ3v) is 5.16. The van der Waals surface area contributed by atoms with Gasteiger partial charge in [-0.15, -0.1) is 0 Å². The Kier molecular flexibility index (Phi) is 4.55. The van der Waals surface area contributed by atoms with Crippen molar-refractivity contribution >= 4 is 22.9 Å². The molecule has 0 saturated carbocycles. The fourth-order valence-corrected chi connectivity index (χ4v) is 3.64. The summed E-state index contributed by atoms with van der Waals surface area (Å²) in [6.07, 6.45) is 4.26. The van der Waals surface area contributed by atoms with Gasteiger partial charge in [-0.3, -0.25) is 4.79 Å². The monoisotopic (exact) mass is 379 g/mol. The van der Waals surface area contributed by atoms with E-state index in [0.717, 1.165) is 10.7 Å². The molecule has 0 saturated heterocycles. The number of nitrogens with one attached hydrogen (secondary N) is 1. The molecule has 3 heterocycles. The van der Waals surface area contributed by atoms with E-state index in [0.29, 0.717) is 34.4 Å². The number of amides is 1. The number of hydrogen-bond donors (Lipinski definition) is 1. The maximum absolute atomic E-state index is 12.8. The van der Waals surface area contributed by atoms with Crippen LogP contribution in [0, 0.1) is 13.8 Å². The van der Waals surface area contributed by atoms with Crippen molar-refractivity contribution in [3.05, 3.63) is 76.6 Å². The lowest BCUT2D eigenvalue weighted by Gasteiger charge is -2.09. The number of anilines is 1. The van der Waals surface area contributed by atoms with E-state index in [9.17, 15) is 4.79 Å². The molecule has 1 amide bonds. The van der Waals surface area contributed by atoms with Gasteiger partial charge in [0.25, 0.3) is 5.91 Å². The van der Waals surface area contributed by atoms with Crippen molar-refractivity contribution in [3.63, 3.8) is 0 Å². The van der Waals surface area contributed by atoms with E-state index in [1.54, 1.807) is 6.92 Å². The van der Waals surface area contributed by atoms with Gasteiger partial charge in [-0.25, -0.2) is 4.98 Å². The van der Waals surface area contributed by atoms with E-state index in [2.05, 4.69) is 20.4 Å². The van der Waals surface area contributed by atoms with Gasteiger partial charge in [0.05, 0.1) is 12.1 Å². The van der Waals surface area contributed by atoms with Gasteiger partial charge < -0.3 is 14.4 Å². The first-order valence-electron chi connectivity index (χ1n) is 8.39. The third-order valence-electron chi connectivity index (χ3n) is 3.99. The molecule has 3 aromatic heterocycles. The van der Waals surface area contributed by atoms with Crippen LogP contribution in [0.5, 0.6) is 0 Å². The summed E-state index contributed by atoms with van der Waals surface area (Å²) in [7, 11) is 0. The van der Waals surface area contributed by atoms with Gasteiger partial charge >= 0.3 is 0 Å². The maximum atomic E-state index is 12.8. The van der Waals surface area contributed by atoms with Gasteiger partial charge in [-0.2, -0.15) is 4.98 Å². The average Bonchev–Trinajstić information content (AvgIpc) is 3.38. The summed E-state index contributed by atoms with van der Waals surface area (Å²) in [4.78, 5) is 22.1. The number of aromatic nitrogens is 4. The second kappa shape index (κ2) is 7.16. The third kappa shape index (κ3) is 3.65. The molecule has 8 heteroatoms. The highest BCUT2D eigenvalue weighted by Crippen LogP contribution is 2.24. The first kappa shape index (κ1) is 17.2. The Bertz CT molecular complexity index is 1080. The lowest BCUT2D eigenvalue weighted by atomic mass is 10.1. The lowest BCUT2D eigenvalue weighted by Crippen LogP contribution is -2.13. The molecule has 0 unspecified atom stereocenters. The summed E-state index contributed by atoms with van der Waals surface area (Å²) < 4.78 is 7.08. The normalized spacial score (nSPS) is 10.9. The quantitative estimate of drug-likeness (QED) is 0.570. The molecule has 4 aromatic rings. The summed E-state index contributed by atoms with van der Waals surface area (Å²) >= 11 is 1.36. The van der Waals surface area contributed by atoms with E-state index in [4.69, 9.17) is 4.52 Å². The summed E-state index contributed by atoms with van der Waals surface area (Å²) in [6.45, 7) is 3.61. The standard InChI is InChI=1S/C19H17N5O2S/c1-12-17(27-19(20-12)24-9-5-6-10-24)18(25)22-15-8-4-3-7-14(15)11-16-21-13(2)23-26-16/h3-10H,11H2,1-2H3,(H,22,25). The highest BCUT2D eigenvalue weighted by atomic mass is 32.1. The lowest BCUT2D eigenvalue weighted by molar-refractivity contribution is 0.102. The minimum atomic E-state index is -0.183. The molecule has 0 atom stereocenters. The maximum Gasteiger partial charge on any atom is 0.267 e. The number of para-hydroxylation sites is 1. The molecule has 7 nitrogen and oxygen atoms in total. The number of carbonyl (C=O) groups is 1. The Morgan fingerprint density at radius 1 is 1.15 bits per heavy atom. The fourth-order valence-electron chi connectivity index (χ4n) is 2.72. The number of thiazole rings is 1. The summed E-state index contributed by atoms with van der Waals surface area (Å²) in [5, 5.41) is 7.55. The molecule has 0 fully saturated rings. The topological polar surface area (TPSA) is 85.8 Å². The van der Waals surface area contributed by atoms with E-state index < -0.39 is 0 Å². The summed E-state index contributed by atoms with van der Waals surface area (Å²) in [5.41, 5.74) is 2.32. The Morgan fingerprint density at radius 3 is 2.67 bits per heavy atom. The molecule has 0 bridgehead atoms. The minimum absolute atomic E-state index is 0.183. The molecule has 0 radical (unpaired) electrons. The Labute approximate surface area is 159 Å². The van der Waals surface area contributed by atoms with Gasteiger partial charge in [-0.05, 0) is 37.6 Å². The van der Waals surface area contributed by atoms with Gasteiger partial charge in [0.15, 0.2) is 11.0 Å². The average molecular weight is 379 g/mol. The smallest absolute Gasteiger partial charge is 0.267 e. The highest BCUT2D eigenvalue weighted by molar-refractivity contribution is 7.16. The first-order valence-corrected chi connectivity index (χ1v) is 9.21. The molecule has 0 aliphatic rings. The summed E-state index contributed by atoms with van der Waals surface area (Å²) in [6, 6.07) is 11.4. The van der Waals surface area contributed by atoms with E-state index >= 15 is 0 Å². The number of aryl methyl sites for hydroxylation is 2. The van der Waals surface area contributed by atoms with Crippen LogP contribution in [0.1, 0.15) is 32.6 Å². The molecular weight excluding hydrogens is 362 g/mol. The molecular formula is C19H17N5O2S. The molecule has 0 aliphatic carbocycles. The fraction of sp³-hybridized carbons (Fsp3) is 0.158. The number of hydrogen-bond acceptors (Lipinski definition) is 6. The molecule has 4 rings (SSSR count). The van der Waals surface area contributed by atoms with Crippen molar-refractivity contribution < 1.29 is 9.32 Å². The number of benzene rings is 1. The van der Waals surface area contributed by atoms with Gasteiger partial charge in [-0.1, -0.05) is 34.7 Å². The highest BCUT2D eigenvalue weighted by Gasteiger charge is 2.18. The first-order chi connectivity index (χ1) is 13.1.